The summed E-state index contributed by atoms with van der Waals surface area (Å²) in [6.45, 7) is 1.87. The van der Waals surface area contributed by atoms with Crippen molar-refractivity contribution in [1.82, 2.24) is 0 Å². The van der Waals surface area contributed by atoms with Gasteiger partial charge in [0.25, 0.3) is 0 Å². The van der Waals surface area contributed by atoms with Crippen LogP contribution in [0.4, 0.5) is 0 Å². The zero-order chi connectivity index (χ0) is 17.0. The molecule has 122 valence electrons. The van der Waals surface area contributed by atoms with E-state index in [-0.39, 0.29) is 0 Å². The quantitative estimate of drug-likeness (QED) is 0.712. The summed E-state index contributed by atoms with van der Waals surface area (Å²) in [7, 11) is -2.99. The lowest BCUT2D eigenvalue weighted by molar-refractivity contribution is 0.176. The van der Waals surface area contributed by atoms with Crippen LogP contribution in [0, 0.1) is 0 Å². The van der Waals surface area contributed by atoms with Gasteiger partial charge in [-0.2, -0.15) is 0 Å². The SMILES string of the molecule is C[C@H]([C@H](O)c1ccccc1)P(=O)(c1ccccc1)c1ccccc1. The monoisotopic (exact) mass is 336 g/mol. The Balaban J connectivity index is 2.11. The molecule has 3 rings (SSSR count). The van der Waals surface area contributed by atoms with Gasteiger partial charge in [0.1, 0.15) is 7.14 Å². The van der Waals surface area contributed by atoms with Crippen LogP contribution in [-0.4, -0.2) is 10.8 Å². The third kappa shape index (κ3) is 3.08. The first-order valence-electron chi connectivity index (χ1n) is 8.08. The molecule has 2 nitrogen and oxygen atoms in total. The highest BCUT2D eigenvalue weighted by molar-refractivity contribution is 7.79. The van der Waals surface area contributed by atoms with Gasteiger partial charge in [-0.1, -0.05) is 97.9 Å². The van der Waals surface area contributed by atoms with E-state index in [1.165, 1.54) is 0 Å². The standard InChI is InChI=1S/C21H21O2P/c1-17(21(22)18-11-5-2-6-12-18)24(23,19-13-7-3-8-14-19)20-15-9-4-10-16-20/h2-17,21-22H,1H3/t17-,21+/m1/s1. The second kappa shape index (κ2) is 7.17. The molecule has 3 heteroatoms. The summed E-state index contributed by atoms with van der Waals surface area (Å²) < 4.78 is 14.2. The van der Waals surface area contributed by atoms with Gasteiger partial charge in [0, 0.05) is 16.3 Å². The van der Waals surface area contributed by atoms with Crippen LogP contribution in [0.2, 0.25) is 0 Å². The lowest BCUT2D eigenvalue weighted by Crippen LogP contribution is -2.28. The van der Waals surface area contributed by atoms with Gasteiger partial charge in [0.05, 0.1) is 6.10 Å². The molecule has 1 N–H and O–H groups in total. The van der Waals surface area contributed by atoms with Crippen molar-refractivity contribution >= 4 is 17.8 Å². The van der Waals surface area contributed by atoms with Gasteiger partial charge in [-0.25, -0.2) is 0 Å². The maximum atomic E-state index is 14.2. The van der Waals surface area contributed by atoms with E-state index in [9.17, 15) is 9.67 Å². The molecule has 0 aliphatic rings. The van der Waals surface area contributed by atoms with Gasteiger partial charge in [0.15, 0.2) is 0 Å². The number of rotatable bonds is 5. The van der Waals surface area contributed by atoms with Gasteiger partial charge in [-0.15, -0.1) is 0 Å². The van der Waals surface area contributed by atoms with Gasteiger partial charge < -0.3 is 9.67 Å². The molecule has 0 aromatic heterocycles. The summed E-state index contributed by atoms with van der Waals surface area (Å²) in [6.07, 6.45) is -0.794. The molecule has 0 amide bonds. The van der Waals surface area contributed by atoms with Crippen LogP contribution in [0.5, 0.6) is 0 Å². The molecule has 2 atom stereocenters. The van der Waals surface area contributed by atoms with Gasteiger partial charge in [-0.05, 0) is 5.56 Å². The van der Waals surface area contributed by atoms with Crippen LogP contribution >= 0.6 is 7.14 Å². The van der Waals surface area contributed by atoms with E-state index in [1.807, 2.05) is 97.9 Å². The number of hydrogen-bond donors (Lipinski definition) is 1. The van der Waals surface area contributed by atoms with E-state index in [1.54, 1.807) is 0 Å². The van der Waals surface area contributed by atoms with Crippen LogP contribution in [0.15, 0.2) is 91.0 Å². The number of hydrogen-bond acceptors (Lipinski definition) is 2. The average Bonchev–Trinajstić information content (AvgIpc) is 2.68. The summed E-state index contributed by atoms with van der Waals surface area (Å²) in [6, 6.07) is 28.4. The largest absolute Gasteiger partial charge is 0.388 e. The van der Waals surface area contributed by atoms with Crippen molar-refractivity contribution in [2.45, 2.75) is 18.7 Å². The third-order valence-electron chi connectivity index (χ3n) is 4.45. The molecule has 0 aliphatic heterocycles. The van der Waals surface area contributed by atoms with Crippen molar-refractivity contribution in [3.05, 3.63) is 96.6 Å². The zero-order valence-electron chi connectivity index (χ0n) is 13.6. The highest BCUT2D eigenvalue weighted by Crippen LogP contribution is 2.52. The first-order valence-corrected chi connectivity index (χ1v) is 9.85. The Hall–Kier alpha value is -2.15. The number of aliphatic hydroxyl groups excluding tert-OH is 1. The van der Waals surface area contributed by atoms with Crippen molar-refractivity contribution in [2.24, 2.45) is 0 Å². The highest BCUT2D eigenvalue weighted by atomic mass is 31.2. The molecule has 0 fully saturated rings. The maximum absolute atomic E-state index is 14.2. The number of benzene rings is 3. The van der Waals surface area contributed by atoms with Crippen molar-refractivity contribution in [1.29, 1.82) is 0 Å². The van der Waals surface area contributed by atoms with Crippen molar-refractivity contribution in [3.63, 3.8) is 0 Å². The lowest BCUT2D eigenvalue weighted by Gasteiger charge is -2.29. The topological polar surface area (TPSA) is 37.3 Å². The van der Waals surface area contributed by atoms with Gasteiger partial charge in [-0.3, -0.25) is 0 Å². The molecule has 0 aliphatic carbocycles. The van der Waals surface area contributed by atoms with Crippen molar-refractivity contribution in [3.8, 4) is 0 Å². The molecule has 0 heterocycles. The molecule has 0 saturated heterocycles. The molecule has 24 heavy (non-hydrogen) atoms. The molecular formula is C21H21O2P. The minimum Gasteiger partial charge on any atom is -0.388 e. The van der Waals surface area contributed by atoms with E-state index >= 15 is 0 Å². The van der Waals surface area contributed by atoms with Crippen molar-refractivity contribution < 1.29 is 9.67 Å². The number of aliphatic hydroxyl groups is 1. The molecule has 0 bridgehead atoms. The minimum atomic E-state index is -2.99. The van der Waals surface area contributed by atoms with E-state index in [0.717, 1.165) is 16.2 Å². The Labute approximate surface area is 143 Å². The first-order chi connectivity index (χ1) is 11.6. The Morgan fingerprint density at radius 3 is 1.50 bits per heavy atom. The summed E-state index contributed by atoms with van der Waals surface area (Å²) in [5.41, 5.74) is 0.363. The molecule has 0 unspecified atom stereocenters. The summed E-state index contributed by atoms with van der Waals surface area (Å²) >= 11 is 0. The molecule has 3 aromatic carbocycles. The van der Waals surface area contributed by atoms with Crippen molar-refractivity contribution in [2.75, 3.05) is 0 Å². The summed E-state index contributed by atoms with van der Waals surface area (Å²) in [5.74, 6) is 0. The van der Waals surface area contributed by atoms with E-state index in [2.05, 4.69) is 0 Å². The Morgan fingerprint density at radius 2 is 1.08 bits per heavy atom. The van der Waals surface area contributed by atoms with Crippen LogP contribution < -0.4 is 10.6 Å². The second-order valence-corrected chi connectivity index (χ2v) is 9.09. The zero-order valence-corrected chi connectivity index (χ0v) is 14.5. The summed E-state index contributed by atoms with van der Waals surface area (Å²) in [4.78, 5) is 0. The third-order valence-corrected chi connectivity index (χ3v) is 8.01. The molecule has 3 aromatic rings. The fourth-order valence-corrected chi connectivity index (χ4v) is 6.08. The highest BCUT2D eigenvalue weighted by Gasteiger charge is 2.38. The lowest BCUT2D eigenvalue weighted by atomic mass is 10.1. The Kier molecular flexibility index (Phi) is 4.99. The fourth-order valence-electron chi connectivity index (χ4n) is 3.05. The molecular weight excluding hydrogens is 315 g/mol. The normalized spacial score (nSPS) is 14.1. The van der Waals surface area contributed by atoms with Gasteiger partial charge in [0.2, 0.25) is 0 Å². The van der Waals surface area contributed by atoms with Crippen LogP contribution in [0.3, 0.4) is 0 Å². The smallest absolute Gasteiger partial charge is 0.148 e. The van der Waals surface area contributed by atoms with E-state index < -0.39 is 18.9 Å². The van der Waals surface area contributed by atoms with Gasteiger partial charge >= 0.3 is 0 Å². The predicted molar refractivity (Wildman–Crippen MR) is 101 cm³/mol. The van der Waals surface area contributed by atoms with Crippen LogP contribution in [0.1, 0.15) is 18.6 Å². The molecule has 0 spiro atoms. The molecule has 0 radical (unpaired) electrons. The maximum Gasteiger partial charge on any atom is 0.148 e. The minimum absolute atomic E-state index is 0.426. The van der Waals surface area contributed by atoms with E-state index in [4.69, 9.17) is 0 Å². The predicted octanol–water partition coefficient (Wildman–Crippen LogP) is 4.12. The summed E-state index contributed by atoms with van der Waals surface area (Å²) in [5, 5.41) is 12.4. The second-order valence-electron chi connectivity index (χ2n) is 5.93. The Bertz CT molecular complexity index is 773. The van der Waals surface area contributed by atoms with E-state index in [0.29, 0.717) is 0 Å². The van der Waals surface area contributed by atoms with Crippen LogP contribution in [0.25, 0.3) is 0 Å². The first kappa shape index (κ1) is 16.7. The molecule has 0 saturated carbocycles. The average molecular weight is 336 g/mol. The fraction of sp³-hybridized carbons (Fsp3) is 0.143. The Morgan fingerprint density at radius 1 is 0.708 bits per heavy atom. The van der Waals surface area contributed by atoms with Crippen LogP contribution in [-0.2, 0) is 4.57 Å².